The van der Waals surface area contributed by atoms with Crippen LogP contribution in [-0.4, -0.2) is 47.4 Å². The molecule has 0 radical (unpaired) electrons. The van der Waals surface area contributed by atoms with Gasteiger partial charge in [0.1, 0.15) is 0 Å². The number of nitrogens with one attached hydrogen (secondary N) is 1. The van der Waals surface area contributed by atoms with Crippen LogP contribution in [0.5, 0.6) is 0 Å². The minimum atomic E-state index is -0.660. The van der Waals surface area contributed by atoms with E-state index in [9.17, 15) is 19.8 Å². The molecule has 73 heavy (non-hydrogen) atoms. The molecule has 0 rings (SSSR count). The Morgan fingerprint density at radius 3 is 1.10 bits per heavy atom. The van der Waals surface area contributed by atoms with Crippen molar-refractivity contribution in [3.05, 3.63) is 24.3 Å². The number of hydrogen-bond donors (Lipinski definition) is 3. The van der Waals surface area contributed by atoms with Crippen LogP contribution in [0.3, 0.4) is 0 Å². The summed E-state index contributed by atoms with van der Waals surface area (Å²) in [7, 11) is 0. The van der Waals surface area contributed by atoms with Crippen molar-refractivity contribution in [3.63, 3.8) is 0 Å². The number of unbranched alkanes of at least 4 members (excludes halogenated alkanes) is 47. The molecule has 0 fully saturated rings. The van der Waals surface area contributed by atoms with Gasteiger partial charge in [-0.15, -0.1) is 0 Å². The van der Waals surface area contributed by atoms with Gasteiger partial charge in [0.05, 0.1) is 25.4 Å². The summed E-state index contributed by atoms with van der Waals surface area (Å²) in [6.07, 6.45) is 77.9. The topological polar surface area (TPSA) is 95.9 Å². The molecule has 1 amide bonds. The van der Waals surface area contributed by atoms with Crippen LogP contribution >= 0.6 is 0 Å². The summed E-state index contributed by atoms with van der Waals surface area (Å²) in [4.78, 5) is 24.5. The van der Waals surface area contributed by atoms with Gasteiger partial charge in [-0.3, -0.25) is 9.59 Å². The van der Waals surface area contributed by atoms with E-state index in [2.05, 4.69) is 43.5 Å². The molecule has 6 heteroatoms. The van der Waals surface area contributed by atoms with Crippen molar-refractivity contribution in [2.75, 3.05) is 13.2 Å². The van der Waals surface area contributed by atoms with Crippen molar-refractivity contribution in [1.29, 1.82) is 0 Å². The summed E-state index contributed by atoms with van der Waals surface area (Å²) in [5.41, 5.74) is 0. The summed E-state index contributed by atoms with van der Waals surface area (Å²) in [5.74, 6) is -0.0244. The molecule has 0 aromatic rings. The van der Waals surface area contributed by atoms with E-state index in [1.807, 2.05) is 0 Å². The van der Waals surface area contributed by atoms with Crippen molar-refractivity contribution in [2.45, 2.75) is 379 Å². The first kappa shape index (κ1) is 71.3. The molecule has 0 aliphatic rings. The van der Waals surface area contributed by atoms with Crippen LogP contribution in [0.15, 0.2) is 24.3 Å². The molecule has 6 nitrogen and oxygen atoms in total. The van der Waals surface area contributed by atoms with E-state index in [-0.39, 0.29) is 18.5 Å². The SMILES string of the molecule is CCC/C=C\C/C=C\CCCCCCCC(=O)OCCCCCCCCCCCCCCCCCCCCCCCCCCCCCCCCC(=O)NC(CO)C(O)CCCCCCCCCCCCCCC. The number of allylic oxidation sites excluding steroid dienone is 4. The molecule has 0 spiro atoms. The average molecular weight is 1030 g/mol. The number of aliphatic hydroxyl groups excluding tert-OH is 2. The van der Waals surface area contributed by atoms with Gasteiger partial charge in [-0.05, 0) is 51.4 Å². The lowest BCUT2D eigenvalue weighted by molar-refractivity contribution is -0.143. The molecule has 2 atom stereocenters. The van der Waals surface area contributed by atoms with Gasteiger partial charge in [-0.1, -0.05) is 327 Å². The van der Waals surface area contributed by atoms with Crippen LogP contribution in [0.4, 0.5) is 0 Å². The highest BCUT2D eigenvalue weighted by atomic mass is 16.5. The van der Waals surface area contributed by atoms with Crippen molar-refractivity contribution < 1.29 is 24.5 Å². The normalized spacial score (nSPS) is 12.7. The number of ether oxygens (including phenoxy) is 1. The Hall–Kier alpha value is -1.66. The summed E-state index contributed by atoms with van der Waals surface area (Å²) >= 11 is 0. The molecular formula is C67H129NO5. The number of hydrogen-bond acceptors (Lipinski definition) is 5. The molecule has 0 bridgehead atoms. The van der Waals surface area contributed by atoms with Crippen LogP contribution in [0.2, 0.25) is 0 Å². The smallest absolute Gasteiger partial charge is 0.305 e. The predicted molar refractivity (Wildman–Crippen MR) is 320 cm³/mol. The first-order valence-corrected chi connectivity index (χ1v) is 33.1. The molecule has 2 unspecified atom stereocenters. The fourth-order valence-electron chi connectivity index (χ4n) is 10.4. The highest BCUT2D eigenvalue weighted by molar-refractivity contribution is 5.76. The van der Waals surface area contributed by atoms with Crippen LogP contribution in [0.1, 0.15) is 367 Å². The molecule has 0 saturated carbocycles. The summed E-state index contributed by atoms with van der Waals surface area (Å²) < 4.78 is 5.47. The summed E-state index contributed by atoms with van der Waals surface area (Å²) in [6.45, 7) is 4.91. The van der Waals surface area contributed by atoms with Crippen molar-refractivity contribution in [2.24, 2.45) is 0 Å². The third kappa shape index (κ3) is 59.4. The van der Waals surface area contributed by atoms with Crippen LogP contribution < -0.4 is 5.32 Å². The molecule has 3 N–H and O–H groups in total. The summed E-state index contributed by atoms with van der Waals surface area (Å²) in [5, 5.41) is 23.3. The fraction of sp³-hybridized carbons (Fsp3) is 0.910. The number of aliphatic hydroxyl groups is 2. The largest absolute Gasteiger partial charge is 0.466 e. The van der Waals surface area contributed by atoms with Crippen LogP contribution in [-0.2, 0) is 14.3 Å². The molecule has 0 aliphatic carbocycles. The van der Waals surface area contributed by atoms with Gasteiger partial charge >= 0.3 is 5.97 Å². The molecule has 0 aromatic carbocycles. The lowest BCUT2D eigenvalue weighted by atomic mass is 10.0. The van der Waals surface area contributed by atoms with E-state index < -0.39 is 12.1 Å². The Morgan fingerprint density at radius 2 is 0.712 bits per heavy atom. The van der Waals surface area contributed by atoms with Gasteiger partial charge in [-0.2, -0.15) is 0 Å². The Balaban J connectivity index is 3.32. The number of carbonyl (C=O) groups excluding carboxylic acids is 2. The highest BCUT2D eigenvalue weighted by Crippen LogP contribution is 2.19. The van der Waals surface area contributed by atoms with Gasteiger partial charge in [0.25, 0.3) is 0 Å². The zero-order valence-corrected chi connectivity index (χ0v) is 49.4. The maximum atomic E-state index is 12.5. The van der Waals surface area contributed by atoms with Crippen molar-refractivity contribution >= 4 is 11.9 Å². The first-order chi connectivity index (χ1) is 36.0. The Morgan fingerprint density at radius 1 is 0.384 bits per heavy atom. The molecular weight excluding hydrogens is 899 g/mol. The highest BCUT2D eigenvalue weighted by Gasteiger charge is 2.20. The van der Waals surface area contributed by atoms with E-state index in [0.717, 1.165) is 51.4 Å². The van der Waals surface area contributed by atoms with Gasteiger partial charge in [-0.25, -0.2) is 0 Å². The monoisotopic (exact) mass is 1030 g/mol. The minimum absolute atomic E-state index is 0.00500. The van der Waals surface area contributed by atoms with E-state index in [1.165, 1.54) is 283 Å². The quantitative estimate of drug-likeness (QED) is 0.0320. The van der Waals surface area contributed by atoms with Gasteiger partial charge in [0.2, 0.25) is 5.91 Å². The second-order valence-electron chi connectivity index (χ2n) is 22.8. The average Bonchev–Trinajstić information content (AvgIpc) is 3.39. The second-order valence-corrected chi connectivity index (χ2v) is 22.8. The van der Waals surface area contributed by atoms with Crippen molar-refractivity contribution in [3.8, 4) is 0 Å². The lowest BCUT2D eigenvalue weighted by Crippen LogP contribution is -2.45. The van der Waals surface area contributed by atoms with Gasteiger partial charge in [0, 0.05) is 12.8 Å². The summed E-state index contributed by atoms with van der Waals surface area (Å²) in [6, 6.07) is -0.537. The molecule has 0 saturated heterocycles. The fourth-order valence-corrected chi connectivity index (χ4v) is 10.4. The second kappa shape index (κ2) is 62.9. The Labute approximate surface area is 456 Å². The van der Waals surface area contributed by atoms with Crippen molar-refractivity contribution in [1.82, 2.24) is 5.32 Å². The van der Waals surface area contributed by atoms with Gasteiger partial charge < -0.3 is 20.3 Å². The lowest BCUT2D eigenvalue weighted by Gasteiger charge is -2.22. The first-order valence-electron chi connectivity index (χ1n) is 33.1. The Kier molecular flexibility index (Phi) is 61.4. The van der Waals surface area contributed by atoms with Crippen LogP contribution in [0, 0.1) is 0 Å². The van der Waals surface area contributed by atoms with E-state index in [1.54, 1.807) is 0 Å². The third-order valence-corrected chi connectivity index (χ3v) is 15.5. The standard InChI is InChI=1S/C67H129NO5/c1-3-5-7-9-11-13-15-35-39-43-47-51-55-59-65(70)64(63-69)68-66(71)60-56-52-48-44-40-37-33-31-29-27-25-23-21-19-17-18-20-22-24-26-28-30-32-34-38-42-46-50-54-58-62-73-67(72)61-57-53-49-45-41-36-16-14-12-10-8-6-4-2/h8,10,14,16,64-65,69-70H,3-7,9,11-13,15,17-63H2,1-2H3,(H,68,71)/b10-8-,16-14-. The number of esters is 1. The number of amides is 1. The molecule has 0 aliphatic heterocycles. The predicted octanol–water partition coefficient (Wildman–Crippen LogP) is 21.0. The molecule has 0 heterocycles. The Bertz CT molecular complexity index is 1140. The number of carbonyl (C=O) groups is 2. The maximum Gasteiger partial charge on any atom is 0.305 e. The van der Waals surface area contributed by atoms with E-state index in [0.29, 0.717) is 25.9 Å². The maximum absolute atomic E-state index is 12.5. The molecule has 0 aromatic heterocycles. The zero-order chi connectivity index (χ0) is 52.9. The van der Waals surface area contributed by atoms with Crippen LogP contribution in [0.25, 0.3) is 0 Å². The zero-order valence-electron chi connectivity index (χ0n) is 49.4. The molecule has 432 valence electrons. The third-order valence-electron chi connectivity index (χ3n) is 15.5. The van der Waals surface area contributed by atoms with E-state index >= 15 is 0 Å². The minimum Gasteiger partial charge on any atom is -0.466 e. The number of rotatable bonds is 62. The van der Waals surface area contributed by atoms with Gasteiger partial charge in [0.15, 0.2) is 0 Å². The van der Waals surface area contributed by atoms with E-state index in [4.69, 9.17) is 4.74 Å².